The molecular formula is C15H23FN2. The van der Waals surface area contributed by atoms with Gasteiger partial charge in [0, 0.05) is 24.8 Å². The molecule has 18 heavy (non-hydrogen) atoms. The molecule has 1 heterocycles. The summed E-state index contributed by atoms with van der Waals surface area (Å²) in [6, 6.07) is 5.67. The number of nitrogens with zero attached hydrogens (tertiary/aromatic N) is 1. The van der Waals surface area contributed by atoms with Gasteiger partial charge in [-0.25, -0.2) is 4.39 Å². The third-order valence-electron chi connectivity index (χ3n) is 3.60. The second-order valence-corrected chi connectivity index (χ2v) is 5.17. The molecule has 1 aliphatic rings. The van der Waals surface area contributed by atoms with E-state index in [1.54, 1.807) is 12.1 Å². The Balaban J connectivity index is 2.03. The van der Waals surface area contributed by atoms with Gasteiger partial charge in [-0.3, -0.25) is 0 Å². The van der Waals surface area contributed by atoms with Crippen molar-refractivity contribution in [1.29, 1.82) is 0 Å². The van der Waals surface area contributed by atoms with Gasteiger partial charge in [-0.15, -0.1) is 0 Å². The highest BCUT2D eigenvalue weighted by Gasteiger charge is 2.20. The minimum absolute atomic E-state index is 0.145. The number of anilines is 1. The monoisotopic (exact) mass is 250 g/mol. The fourth-order valence-corrected chi connectivity index (χ4v) is 2.68. The van der Waals surface area contributed by atoms with Crippen LogP contribution in [-0.4, -0.2) is 25.7 Å². The van der Waals surface area contributed by atoms with Crippen LogP contribution in [-0.2, 0) is 0 Å². The van der Waals surface area contributed by atoms with Crippen molar-refractivity contribution in [3.63, 3.8) is 0 Å². The minimum Gasteiger partial charge on any atom is -0.370 e. The lowest BCUT2D eigenvalue weighted by molar-refractivity contribution is 0.423. The summed E-state index contributed by atoms with van der Waals surface area (Å²) < 4.78 is 13.1. The molecule has 0 amide bonds. The molecule has 0 saturated carbocycles. The van der Waals surface area contributed by atoms with Crippen LogP contribution in [0.15, 0.2) is 18.2 Å². The van der Waals surface area contributed by atoms with Gasteiger partial charge in [-0.05, 0) is 56.5 Å². The Hall–Kier alpha value is -1.09. The van der Waals surface area contributed by atoms with Crippen LogP contribution >= 0.6 is 0 Å². The largest absolute Gasteiger partial charge is 0.370 e. The zero-order valence-corrected chi connectivity index (χ0v) is 11.4. The lowest BCUT2D eigenvalue weighted by Gasteiger charge is -2.35. The molecule has 1 unspecified atom stereocenters. The molecule has 0 aliphatic carbocycles. The van der Waals surface area contributed by atoms with Crippen molar-refractivity contribution in [2.24, 2.45) is 0 Å². The van der Waals surface area contributed by atoms with Crippen molar-refractivity contribution in [2.45, 2.75) is 39.2 Å². The summed E-state index contributed by atoms with van der Waals surface area (Å²) in [5.74, 6) is -0.145. The van der Waals surface area contributed by atoms with Gasteiger partial charge >= 0.3 is 0 Å². The maximum Gasteiger partial charge on any atom is 0.123 e. The van der Waals surface area contributed by atoms with Gasteiger partial charge in [0.05, 0.1) is 0 Å². The molecule has 1 saturated heterocycles. The number of halogens is 1. The molecule has 1 N–H and O–H groups in total. The smallest absolute Gasteiger partial charge is 0.123 e. The van der Waals surface area contributed by atoms with Crippen LogP contribution in [0.1, 0.15) is 31.7 Å². The Bertz CT molecular complexity index is 392. The van der Waals surface area contributed by atoms with E-state index in [0.29, 0.717) is 6.04 Å². The molecule has 1 aromatic rings. The third kappa shape index (κ3) is 3.22. The van der Waals surface area contributed by atoms with Gasteiger partial charge < -0.3 is 10.2 Å². The molecule has 1 aliphatic heterocycles. The number of aryl methyl sites for hydroxylation is 1. The maximum absolute atomic E-state index is 13.1. The molecule has 3 heteroatoms. The van der Waals surface area contributed by atoms with Crippen molar-refractivity contribution in [3.8, 4) is 0 Å². The highest BCUT2D eigenvalue weighted by atomic mass is 19.1. The van der Waals surface area contributed by atoms with Crippen molar-refractivity contribution in [3.05, 3.63) is 29.6 Å². The first kappa shape index (κ1) is 13.3. The second kappa shape index (κ2) is 6.19. The van der Waals surface area contributed by atoms with Crippen LogP contribution in [0.2, 0.25) is 0 Å². The SMILES string of the molecule is CCCNC1CCCN(c2ccc(F)cc2C)C1. The molecule has 0 radical (unpaired) electrons. The standard InChI is InChI=1S/C15H23FN2/c1-3-8-17-14-5-4-9-18(11-14)15-7-6-13(16)10-12(15)2/h6-7,10,14,17H,3-5,8-9,11H2,1-2H3. The van der Waals surface area contributed by atoms with E-state index < -0.39 is 0 Å². The summed E-state index contributed by atoms with van der Waals surface area (Å²) in [6.45, 7) is 7.38. The molecule has 0 spiro atoms. The zero-order valence-electron chi connectivity index (χ0n) is 11.4. The molecule has 0 bridgehead atoms. The summed E-state index contributed by atoms with van der Waals surface area (Å²) in [6.07, 6.45) is 3.63. The fourth-order valence-electron chi connectivity index (χ4n) is 2.68. The zero-order chi connectivity index (χ0) is 13.0. The van der Waals surface area contributed by atoms with E-state index in [1.165, 1.54) is 24.9 Å². The van der Waals surface area contributed by atoms with Gasteiger partial charge in [0.25, 0.3) is 0 Å². The van der Waals surface area contributed by atoms with Gasteiger partial charge in [0.1, 0.15) is 5.82 Å². The molecule has 2 nitrogen and oxygen atoms in total. The summed E-state index contributed by atoms with van der Waals surface area (Å²) in [7, 11) is 0. The predicted molar refractivity (Wildman–Crippen MR) is 74.7 cm³/mol. The Morgan fingerprint density at radius 1 is 1.44 bits per heavy atom. The van der Waals surface area contributed by atoms with Crippen LogP contribution in [0.3, 0.4) is 0 Å². The molecule has 0 aromatic heterocycles. The van der Waals surface area contributed by atoms with Crippen molar-refractivity contribution in [2.75, 3.05) is 24.5 Å². The van der Waals surface area contributed by atoms with Gasteiger partial charge in [0.15, 0.2) is 0 Å². The van der Waals surface area contributed by atoms with E-state index in [2.05, 4.69) is 17.1 Å². The van der Waals surface area contributed by atoms with Gasteiger partial charge in [0.2, 0.25) is 0 Å². The van der Waals surface area contributed by atoms with Gasteiger partial charge in [-0.2, -0.15) is 0 Å². The Morgan fingerprint density at radius 3 is 3.00 bits per heavy atom. The number of rotatable bonds is 4. The molecular weight excluding hydrogens is 227 g/mol. The summed E-state index contributed by atoms with van der Waals surface area (Å²) >= 11 is 0. The molecule has 1 aromatic carbocycles. The average molecular weight is 250 g/mol. The third-order valence-corrected chi connectivity index (χ3v) is 3.60. The number of piperidine rings is 1. The average Bonchev–Trinajstić information content (AvgIpc) is 2.36. The number of hydrogen-bond acceptors (Lipinski definition) is 2. The van der Waals surface area contributed by atoms with E-state index in [0.717, 1.165) is 25.2 Å². The van der Waals surface area contributed by atoms with Crippen LogP contribution in [0.25, 0.3) is 0 Å². The van der Waals surface area contributed by atoms with E-state index in [1.807, 2.05) is 13.0 Å². The maximum atomic E-state index is 13.1. The molecule has 1 atom stereocenters. The predicted octanol–water partition coefficient (Wildman–Crippen LogP) is 3.10. The highest BCUT2D eigenvalue weighted by Crippen LogP contribution is 2.24. The quantitative estimate of drug-likeness (QED) is 0.883. The Morgan fingerprint density at radius 2 is 2.28 bits per heavy atom. The first-order valence-corrected chi connectivity index (χ1v) is 6.95. The normalized spacial score (nSPS) is 20.2. The molecule has 2 rings (SSSR count). The Labute approximate surface area is 109 Å². The van der Waals surface area contributed by atoms with E-state index in [9.17, 15) is 4.39 Å². The Kier molecular flexibility index (Phi) is 4.59. The van der Waals surface area contributed by atoms with E-state index in [4.69, 9.17) is 0 Å². The van der Waals surface area contributed by atoms with Gasteiger partial charge in [-0.1, -0.05) is 6.92 Å². The summed E-state index contributed by atoms with van der Waals surface area (Å²) in [5.41, 5.74) is 2.21. The first-order valence-electron chi connectivity index (χ1n) is 6.95. The minimum atomic E-state index is -0.145. The van der Waals surface area contributed by atoms with Crippen LogP contribution in [0, 0.1) is 12.7 Å². The summed E-state index contributed by atoms with van der Waals surface area (Å²) in [4.78, 5) is 2.38. The molecule has 100 valence electrons. The van der Waals surface area contributed by atoms with Crippen LogP contribution < -0.4 is 10.2 Å². The van der Waals surface area contributed by atoms with Crippen LogP contribution in [0.5, 0.6) is 0 Å². The van der Waals surface area contributed by atoms with E-state index in [-0.39, 0.29) is 5.82 Å². The number of hydrogen-bond donors (Lipinski definition) is 1. The fraction of sp³-hybridized carbons (Fsp3) is 0.600. The highest BCUT2D eigenvalue weighted by molar-refractivity contribution is 5.53. The second-order valence-electron chi connectivity index (χ2n) is 5.17. The lowest BCUT2D eigenvalue weighted by Crippen LogP contribution is -2.46. The van der Waals surface area contributed by atoms with Crippen molar-refractivity contribution < 1.29 is 4.39 Å². The first-order chi connectivity index (χ1) is 8.70. The number of nitrogens with one attached hydrogen (secondary N) is 1. The molecule has 1 fully saturated rings. The number of benzene rings is 1. The van der Waals surface area contributed by atoms with Crippen LogP contribution in [0.4, 0.5) is 10.1 Å². The summed E-state index contributed by atoms with van der Waals surface area (Å²) in [5, 5.41) is 3.59. The van der Waals surface area contributed by atoms with E-state index >= 15 is 0 Å². The van der Waals surface area contributed by atoms with Crippen molar-refractivity contribution in [1.82, 2.24) is 5.32 Å². The van der Waals surface area contributed by atoms with Crippen molar-refractivity contribution >= 4 is 5.69 Å². The lowest BCUT2D eigenvalue weighted by atomic mass is 10.0. The topological polar surface area (TPSA) is 15.3 Å².